The number of aliphatic hydroxyl groups excluding tert-OH is 1. The van der Waals surface area contributed by atoms with Gasteiger partial charge in [-0.2, -0.15) is 0 Å². The fourth-order valence-corrected chi connectivity index (χ4v) is 2.25. The van der Waals surface area contributed by atoms with Crippen LogP contribution in [-0.4, -0.2) is 12.2 Å². The number of rotatable bonds is 3. The number of benzene rings is 3. The number of hydrogen-bond acceptors (Lipinski definition) is 1. The lowest BCUT2D eigenvalue weighted by molar-refractivity contribution is 0.399. The van der Waals surface area contributed by atoms with Crippen LogP contribution in [0.15, 0.2) is 84.9 Å². The Kier molecular flexibility index (Phi) is 20.8. The average molecular weight is 381 g/mol. The maximum absolute atomic E-state index is 7.00. The molecule has 0 spiro atoms. The fourth-order valence-electron chi connectivity index (χ4n) is 2.25. The number of hydrogen-bond donors (Lipinski definition) is 1. The molecule has 0 heterocycles. The third-order valence-corrected chi connectivity index (χ3v) is 3.72. The first-order valence-corrected chi connectivity index (χ1v) is 10.5. The van der Waals surface area contributed by atoms with Gasteiger partial charge in [0.05, 0.1) is 0 Å². The maximum atomic E-state index is 7.00. The minimum absolute atomic E-state index is 1.00. The summed E-state index contributed by atoms with van der Waals surface area (Å²) < 4.78 is 0. The Labute approximate surface area is 174 Å². The maximum Gasteiger partial charge on any atom is 0.0319 e. The summed E-state index contributed by atoms with van der Waals surface area (Å²) in [6, 6.07) is 29.7. The van der Waals surface area contributed by atoms with Crippen LogP contribution < -0.4 is 0 Å². The van der Waals surface area contributed by atoms with Crippen molar-refractivity contribution in [2.45, 2.75) is 54.4 Å². The van der Waals surface area contributed by atoms with E-state index in [4.69, 9.17) is 5.11 Å². The molecule has 0 radical (unpaired) electrons. The predicted octanol–water partition coefficient (Wildman–Crippen LogP) is 7.83. The SMILES string of the molecule is CC.CC.CCc1ccc(-c2ccc(CC)cc2)cc1.CO.c1ccccc1. The Bertz CT molecular complexity index is 568. The third-order valence-electron chi connectivity index (χ3n) is 3.72. The molecule has 0 unspecified atom stereocenters. The average Bonchev–Trinajstić information content (AvgIpc) is 2.84. The van der Waals surface area contributed by atoms with Gasteiger partial charge in [-0.05, 0) is 35.1 Å². The van der Waals surface area contributed by atoms with Gasteiger partial charge in [0.1, 0.15) is 0 Å². The molecule has 0 amide bonds. The summed E-state index contributed by atoms with van der Waals surface area (Å²) in [6.07, 6.45) is 2.21. The zero-order chi connectivity index (χ0) is 21.6. The lowest BCUT2D eigenvalue weighted by Gasteiger charge is -2.04. The molecule has 0 saturated carbocycles. The van der Waals surface area contributed by atoms with Gasteiger partial charge in [0, 0.05) is 7.11 Å². The molecule has 154 valence electrons. The Hall–Kier alpha value is -2.38. The second-order valence-corrected chi connectivity index (χ2v) is 5.26. The van der Waals surface area contributed by atoms with Crippen LogP contribution in [0.2, 0.25) is 0 Å². The monoisotopic (exact) mass is 380 g/mol. The van der Waals surface area contributed by atoms with Crippen molar-refractivity contribution >= 4 is 0 Å². The summed E-state index contributed by atoms with van der Waals surface area (Å²) in [5.41, 5.74) is 5.41. The Morgan fingerprint density at radius 2 is 0.679 bits per heavy atom. The van der Waals surface area contributed by atoms with E-state index >= 15 is 0 Å². The summed E-state index contributed by atoms with van der Waals surface area (Å²) in [7, 11) is 1.00. The zero-order valence-electron chi connectivity index (χ0n) is 18.9. The van der Waals surface area contributed by atoms with Crippen LogP contribution in [0.25, 0.3) is 11.1 Å². The van der Waals surface area contributed by atoms with Crippen LogP contribution in [0.1, 0.15) is 52.7 Å². The van der Waals surface area contributed by atoms with Gasteiger partial charge in [-0.25, -0.2) is 0 Å². The standard InChI is InChI=1S/C16H18.C6H6.2C2H6.CH4O/c1-3-13-5-9-15(10-6-13)16-11-7-14(4-2)8-12-16;1-2-4-6-5-3-1;3*1-2/h5-12H,3-4H2,1-2H3;1-6H;2*1-2H3;2H,1H3. The summed E-state index contributed by atoms with van der Waals surface area (Å²) in [4.78, 5) is 0. The Balaban J connectivity index is 0. The largest absolute Gasteiger partial charge is 0.400 e. The smallest absolute Gasteiger partial charge is 0.0319 e. The highest BCUT2D eigenvalue weighted by molar-refractivity contribution is 5.63. The third kappa shape index (κ3) is 12.1. The van der Waals surface area contributed by atoms with Gasteiger partial charge < -0.3 is 5.11 Å². The molecule has 3 aromatic rings. The molecule has 1 nitrogen and oxygen atoms in total. The van der Waals surface area contributed by atoms with E-state index in [1.807, 2.05) is 64.1 Å². The van der Waals surface area contributed by atoms with E-state index in [1.165, 1.54) is 22.3 Å². The van der Waals surface area contributed by atoms with Crippen molar-refractivity contribution in [2.24, 2.45) is 0 Å². The zero-order valence-corrected chi connectivity index (χ0v) is 18.9. The lowest BCUT2D eigenvalue weighted by Crippen LogP contribution is -1.83. The molecular formula is C27H40O. The molecule has 0 aliphatic heterocycles. The van der Waals surface area contributed by atoms with Crippen molar-refractivity contribution in [3.05, 3.63) is 96.1 Å². The van der Waals surface area contributed by atoms with Crippen LogP contribution in [0, 0.1) is 0 Å². The van der Waals surface area contributed by atoms with Gasteiger partial charge in [0.15, 0.2) is 0 Å². The van der Waals surface area contributed by atoms with Crippen molar-refractivity contribution < 1.29 is 5.11 Å². The highest BCUT2D eigenvalue weighted by atomic mass is 16.2. The molecule has 0 aliphatic rings. The van der Waals surface area contributed by atoms with Crippen LogP contribution >= 0.6 is 0 Å². The molecular weight excluding hydrogens is 340 g/mol. The minimum Gasteiger partial charge on any atom is -0.400 e. The molecule has 0 aromatic heterocycles. The van der Waals surface area contributed by atoms with E-state index in [9.17, 15) is 0 Å². The van der Waals surface area contributed by atoms with E-state index in [1.54, 1.807) is 0 Å². The van der Waals surface area contributed by atoms with E-state index in [0.29, 0.717) is 0 Å². The Morgan fingerprint density at radius 1 is 0.464 bits per heavy atom. The summed E-state index contributed by atoms with van der Waals surface area (Å²) in [5, 5.41) is 7.00. The van der Waals surface area contributed by atoms with Crippen LogP contribution in [-0.2, 0) is 12.8 Å². The number of aliphatic hydroxyl groups is 1. The number of aryl methyl sites for hydroxylation is 2. The van der Waals surface area contributed by atoms with E-state index in [-0.39, 0.29) is 0 Å². The van der Waals surface area contributed by atoms with Crippen LogP contribution in [0.3, 0.4) is 0 Å². The van der Waals surface area contributed by atoms with Crippen molar-refractivity contribution in [1.29, 1.82) is 0 Å². The highest BCUT2D eigenvalue weighted by Crippen LogP contribution is 2.20. The molecule has 0 fully saturated rings. The van der Waals surface area contributed by atoms with Crippen molar-refractivity contribution in [3.63, 3.8) is 0 Å². The molecule has 0 aliphatic carbocycles. The van der Waals surface area contributed by atoms with Gasteiger partial charge in [-0.15, -0.1) is 0 Å². The second-order valence-electron chi connectivity index (χ2n) is 5.26. The second kappa shape index (κ2) is 20.9. The van der Waals surface area contributed by atoms with Crippen molar-refractivity contribution in [1.82, 2.24) is 0 Å². The topological polar surface area (TPSA) is 20.2 Å². The van der Waals surface area contributed by atoms with Gasteiger partial charge in [0.25, 0.3) is 0 Å². The molecule has 3 aromatic carbocycles. The van der Waals surface area contributed by atoms with Gasteiger partial charge in [0.2, 0.25) is 0 Å². The molecule has 1 N–H and O–H groups in total. The normalized spacial score (nSPS) is 8.29. The lowest BCUT2D eigenvalue weighted by atomic mass is 10.0. The first-order chi connectivity index (χ1) is 13.8. The molecule has 28 heavy (non-hydrogen) atoms. The molecule has 3 rings (SSSR count). The van der Waals surface area contributed by atoms with Crippen LogP contribution in [0.4, 0.5) is 0 Å². The summed E-state index contributed by atoms with van der Waals surface area (Å²) in [5.74, 6) is 0. The van der Waals surface area contributed by atoms with E-state index in [0.717, 1.165) is 20.0 Å². The van der Waals surface area contributed by atoms with Crippen LogP contribution in [0.5, 0.6) is 0 Å². The van der Waals surface area contributed by atoms with Gasteiger partial charge >= 0.3 is 0 Å². The first-order valence-electron chi connectivity index (χ1n) is 10.5. The molecule has 0 saturated heterocycles. The summed E-state index contributed by atoms with van der Waals surface area (Å²) >= 11 is 0. The van der Waals surface area contributed by atoms with E-state index < -0.39 is 0 Å². The Morgan fingerprint density at radius 3 is 0.857 bits per heavy atom. The van der Waals surface area contributed by atoms with Gasteiger partial charge in [-0.3, -0.25) is 0 Å². The molecule has 0 bridgehead atoms. The first kappa shape index (κ1) is 27.8. The van der Waals surface area contributed by atoms with Gasteiger partial charge in [-0.1, -0.05) is 126 Å². The van der Waals surface area contributed by atoms with Crippen molar-refractivity contribution in [2.75, 3.05) is 7.11 Å². The molecule has 0 atom stereocenters. The summed E-state index contributed by atoms with van der Waals surface area (Å²) in [6.45, 7) is 12.4. The molecule has 1 heteroatoms. The van der Waals surface area contributed by atoms with E-state index in [2.05, 4.69) is 62.4 Å². The minimum atomic E-state index is 1.00. The fraction of sp³-hybridized carbons (Fsp3) is 0.333. The highest BCUT2D eigenvalue weighted by Gasteiger charge is 1.97. The van der Waals surface area contributed by atoms with Crippen molar-refractivity contribution in [3.8, 4) is 11.1 Å². The predicted molar refractivity (Wildman–Crippen MR) is 128 cm³/mol. The quantitative estimate of drug-likeness (QED) is 0.491.